The minimum atomic E-state index is -1.20. The molecule has 0 radical (unpaired) electrons. The van der Waals surface area contributed by atoms with E-state index >= 15 is 0 Å². The van der Waals surface area contributed by atoms with E-state index in [1.54, 1.807) is 54.6 Å². The molecule has 5 rings (SSSR count). The van der Waals surface area contributed by atoms with Gasteiger partial charge in [-0.15, -0.1) is 0 Å². The fourth-order valence-electron chi connectivity index (χ4n) is 4.74. The van der Waals surface area contributed by atoms with Gasteiger partial charge in [0.1, 0.15) is 24.2 Å². The molecule has 0 saturated heterocycles. The lowest BCUT2D eigenvalue weighted by Gasteiger charge is -2.33. The Balaban J connectivity index is 1.53. The summed E-state index contributed by atoms with van der Waals surface area (Å²) in [6, 6.07) is 26.3. The molecule has 0 aromatic heterocycles. The third-order valence-electron chi connectivity index (χ3n) is 6.79. The summed E-state index contributed by atoms with van der Waals surface area (Å²) in [5.41, 5.74) is 2.10. The summed E-state index contributed by atoms with van der Waals surface area (Å²) in [7, 11) is 1.53. The highest BCUT2D eigenvalue weighted by Gasteiger charge is 2.39. The number of methoxy groups -OCH3 is 1. The van der Waals surface area contributed by atoms with Crippen LogP contribution in [0.2, 0.25) is 0 Å². The number of fused-ring (bicyclic) bond motifs is 1. The summed E-state index contributed by atoms with van der Waals surface area (Å²) in [6.45, 7) is -0.461. The molecule has 4 aromatic carbocycles. The van der Waals surface area contributed by atoms with E-state index in [-0.39, 0.29) is 12.1 Å². The minimum Gasteiger partial charge on any atom is -0.497 e. The van der Waals surface area contributed by atoms with Crippen molar-refractivity contribution in [3.05, 3.63) is 126 Å². The second kappa shape index (κ2) is 11.8. The molecule has 4 aromatic rings. The van der Waals surface area contributed by atoms with Gasteiger partial charge in [0.15, 0.2) is 0 Å². The van der Waals surface area contributed by atoms with Gasteiger partial charge in [0.2, 0.25) is 5.91 Å². The number of para-hydroxylation sites is 1. The zero-order valence-corrected chi connectivity index (χ0v) is 22.1. The molecule has 0 unspecified atom stereocenters. The number of hydrogen-bond donors (Lipinski definition) is 1. The van der Waals surface area contributed by atoms with Crippen molar-refractivity contribution in [2.75, 3.05) is 23.9 Å². The van der Waals surface area contributed by atoms with Gasteiger partial charge in [-0.25, -0.2) is 4.39 Å². The van der Waals surface area contributed by atoms with Gasteiger partial charge in [-0.1, -0.05) is 54.6 Å². The van der Waals surface area contributed by atoms with Crippen molar-refractivity contribution in [1.29, 1.82) is 0 Å². The van der Waals surface area contributed by atoms with Crippen molar-refractivity contribution in [2.45, 2.75) is 12.6 Å². The fraction of sp³-hybridized carbons (Fsp3) is 0.125. The summed E-state index contributed by atoms with van der Waals surface area (Å²) in [6.07, 6.45) is 0. The summed E-state index contributed by atoms with van der Waals surface area (Å²) in [4.78, 5) is 55.8. The molecule has 1 heterocycles. The van der Waals surface area contributed by atoms with Gasteiger partial charge in [-0.2, -0.15) is 0 Å². The van der Waals surface area contributed by atoms with Crippen molar-refractivity contribution in [1.82, 2.24) is 4.90 Å². The van der Waals surface area contributed by atoms with E-state index < -0.39 is 41.9 Å². The van der Waals surface area contributed by atoms with Gasteiger partial charge < -0.3 is 15.0 Å². The third-order valence-corrected chi connectivity index (χ3v) is 6.79. The standard InChI is InChI=1S/C32H26FN3O5/c1-41-25-17-15-24(16-18-25)34-31(39)29(22-11-13-23(33)14-12-22)36(19-21-7-3-2-4-8-21)28(37)20-35-27-10-6-5-9-26(27)30(38)32(35)40/h2-18,29H,19-20H2,1H3,(H,34,39)/t29-/m1/s1. The molecule has 0 fully saturated rings. The smallest absolute Gasteiger partial charge is 0.299 e. The van der Waals surface area contributed by atoms with Crippen molar-refractivity contribution < 1.29 is 28.3 Å². The molecule has 3 amide bonds. The average molecular weight is 552 g/mol. The van der Waals surface area contributed by atoms with Gasteiger partial charge in [0, 0.05) is 12.2 Å². The van der Waals surface area contributed by atoms with E-state index in [9.17, 15) is 23.6 Å². The Kier molecular flexibility index (Phi) is 7.87. The highest BCUT2D eigenvalue weighted by molar-refractivity contribution is 6.52. The van der Waals surface area contributed by atoms with Crippen molar-refractivity contribution >= 4 is 34.9 Å². The molecule has 41 heavy (non-hydrogen) atoms. The number of anilines is 2. The summed E-state index contributed by atoms with van der Waals surface area (Å²) >= 11 is 0. The molecule has 1 aliphatic heterocycles. The normalized spacial score (nSPS) is 13.0. The second-order valence-corrected chi connectivity index (χ2v) is 9.42. The molecular weight excluding hydrogens is 525 g/mol. The zero-order chi connectivity index (χ0) is 28.9. The highest BCUT2D eigenvalue weighted by Crippen LogP contribution is 2.31. The first kappa shape index (κ1) is 27.3. The van der Waals surface area contributed by atoms with Crippen LogP contribution in [0, 0.1) is 5.82 Å². The predicted molar refractivity (Wildman–Crippen MR) is 151 cm³/mol. The van der Waals surface area contributed by atoms with Crippen LogP contribution in [0.25, 0.3) is 0 Å². The Hall–Kier alpha value is -5.31. The molecule has 0 aliphatic carbocycles. The maximum Gasteiger partial charge on any atom is 0.299 e. The van der Waals surface area contributed by atoms with Crippen LogP contribution < -0.4 is 15.0 Å². The number of benzene rings is 4. The lowest BCUT2D eigenvalue weighted by Crippen LogP contribution is -2.46. The first-order valence-electron chi connectivity index (χ1n) is 12.8. The van der Waals surface area contributed by atoms with Gasteiger partial charge >= 0.3 is 0 Å². The Morgan fingerprint density at radius 1 is 0.878 bits per heavy atom. The van der Waals surface area contributed by atoms with Gasteiger partial charge in [-0.05, 0) is 59.7 Å². The van der Waals surface area contributed by atoms with E-state index in [2.05, 4.69) is 5.32 Å². The van der Waals surface area contributed by atoms with Crippen LogP contribution in [0.5, 0.6) is 5.75 Å². The number of nitrogens with one attached hydrogen (secondary N) is 1. The van der Waals surface area contributed by atoms with Gasteiger partial charge in [0.05, 0.1) is 18.4 Å². The molecule has 0 spiro atoms. The predicted octanol–water partition coefficient (Wildman–Crippen LogP) is 4.77. The molecule has 1 aliphatic rings. The second-order valence-electron chi connectivity index (χ2n) is 9.42. The van der Waals surface area contributed by atoms with Crippen LogP contribution in [0.4, 0.5) is 15.8 Å². The lowest BCUT2D eigenvalue weighted by molar-refractivity contribution is -0.139. The average Bonchev–Trinajstić information content (AvgIpc) is 3.23. The monoisotopic (exact) mass is 551 g/mol. The van der Waals surface area contributed by atoms with Gasteiger partial charge in [0.25, 0.3) is 17.6 Å². The molecule has 1 atom stereocenters. The number of Topliss-reactive ketones (excluding diaryl/α,β-unsaturated/α-hetero) is 1. The quantitative estimate of drug-likeness (QED) is 0.302. The first-order chi connectivity index (χ1) is 19.9. The number of hydrogen-bond acceptors (Lipinski definition) is 5. The van der Waals surface area contributed by atoms with Gasteiger partial charge in [-0.3, -0.25) is 24.1 Å². The SMILES string of the molecule is COc1ccc(NC(=O)[C@@H](c2ccc(F)cc2)N(Cc2ccccc2)C(=O)CN2C(=O)C(=O)c3ccccc32)cc1. The summed E-state index contributed by atoms with van der Waals surface area (Å²) < 4.78 is 19.1. The van der Waals surface area contributed by atoms with E-state index in [1.807, 2.05) is 18.2 Å². The number of ether oxygens (including phenoxy) is 1. The Labute approximate surface area is 236 Å². The molecule has 9 heteroatoms. The van der Waals surface area contributed by atoms with Crippen molar-refractivity contribution in [3.8, 4) is 5.75 Å². The number of nitrogens with zero attached hydrogens (tertiary/aromatic N) is 2. The molecule has 0 saturated carbocycles. The third kappa shape index (κ3) is 5.84. The molecule has 0 bridgehead atoms. The van der Waals surface area contributed by atoms with Crippen LogP contribution in [0.15, 0.2) is 103 Å². The molecule has 8 nitrogen and oxygen atoms in total. The first-order valence-corrected chi connectivity index (χ1v) is 12.8. The Bertz CT molecular complexity index is 1590. The van der Waals surface area contributed by atoms with E-state index in [0.29, 0.717) is 22.7 Å². The maximum atomic E-state index is 14.0. The fourth-order valence-corrected chi connectivity index (χ4v) is 4.74. The van der Waals surface area contributed by atoms with E-state index in [4.69, 9.17) is 4.74 Å². The van der Waals surface area contributed by atoms with Crippen molar-refractivity contribution in [3.63, 3.8) is 0 Å². The van der Waals surface area contributed by atoms with Crippen molar-refractivity contribution in [2.24, 2.45) is 0 Å². The topological polar surface area (TPSA) is 96.0 Å². The van der Waals surface area contributed by atoms with Crippen LogP contribution in [0.1, 0.15) is 27.5 Å². The number of halogens is 1. The number of rotatable bonds is 9. The number of carbonyl (C=O) groups is 4. The van der Waals surface area contributed by atoms with Crippen LogP contribution in [-0.4, -0.2) is 42.1 Å². The number of ketones is 1. The number of carbonyl (C=O) groups excluding carboxylic acids is 4. The largest absolute Gasteiger partial charge is 0.497 e. The Morgan fingerprint density at radius 2 is 1.54 bits per heavy atom. The summed E-state index contributed by atoms with van der Waals surface area (Å²) in [5.74, 6) is -2.54. The van der Waals surface area contributed by atoms with Crippen LogP contribution in [0.3, 0.4) is 0 Å². The van der Waals surface area contributed by atoms with E-state index in [1.165, 1.54) is 42.3 Å². The molecule has 206 valence electrons. The number of amides is 3. The minimum absolute atomic E-state index is 0.00930. The van der Waals surface area contributed by atoms with Crippen LogP contribution >= 0.6 is 0 Å². The highest BCUT2D eigenvalue weighted by atomic mass is 19.1. The summed E-state index contributed by atoms with van der Waals surface area (Å²) in [5, 5.41) is 2.84. The zero-order valence-electron chi connectivity index (χ0n) is 22.1. The molecular formula is C32H26FN3O5. The van der Waals surface area contributed by atoms with Crippen LogP contribution in [-0.2, 0) is 20.9 Å². The maximum absolute atomic E-state index is 14.0. The molecule has 1 N–H and O–H groups in total. The Morgan fingerprint density at radius 3 is 2.22 bits per heavy atom. The lowest BCUT2D eigenvalue weighted by atomic mass is 10.0. The van der Waals surface area contributed by atoms with E-state index in [0.717, 1.165) is 10.5 Å².